The van der Waals surface area contributed by atoms with Crippen molar-refractivity contribution < 1.29 is 17.9 Å². The van der Waals surface area contributed by atoms with Crippen molar-refractivity contribution in [3.8, 4) is 11.8 Å². The van der Waals surface area contributed by atoms with Crippen LogP contribution >= 0.6 is 11.6 Å². The number of hydrogen-bond donors (Lipinski definition) is 0. The molecule has 1 fully saturated rings. The molecule has 0 unspecified atom stereocenters. The molecule has 1 aliphatic heterocycles. The average Bonchev–Trinajstić information content (AvgIpc) is 2.74. The molecule has 2 heterocycles. The summed E-state index contributed by atoms with van der Waals surface area (Å²) in [7, 11) is 0. The van der Waals surface area contributed by atoms with Gasteiger partial charge in [-0.15, -0.1) is 13.2 Å². The third-order valence-corrected chi connectivity index (χ3v) is 5.84. The van der Waals surface area contributed by atoms with E-state index in [1.807, 2.05) is 11.0 Å². The highest BCUT2D eigenvalue weighted by atomic mass is 35.5. The fourth-order valence-electron chi connectivity index (χ4n) is 3.76. The predicted molar refractivity (Wildman–Crippen MR) is 120 cm³/mol. The van der Waals surface area contributed by atoms with Gasteiger partial charge in [0.05, 0.1) is 10.7 Å². The van der Waals surface area contributed by atoms with Gasteiger partial charge in [-0.2, -0.15) is 5.26 Å². The highest BCUT2D eigenvalue weighted by molar-refractivity contribution is 6.32. The number of aryl methyl sites for hydroxylation is 1. The number of anilines is 1. The number of hydrogen-bond acceptors (Lipinski definition) is 5. The van der Waals surface area contributed by atoms with Crippen LogP contribution < -0.4 is 15.2 Å². The number of pyridine rings is 1. The molecule has 0 N–H and O–H groups in total. The first-order valence-corrected chi connectivity index (χ1v) is 11.1. The van der Waals surface area contributed by atoms with Crippen LogP contribution in [0.1, 0.15) is 31.4 Å². The Balaban J connectivity index is 1.63. The second kappa shape index (κ2) is 10.5. The van der Waals surface area contributed by atoms with Crippen molar-refractivity contribution >= 4 is 17.3 Å². The van der Waals surface area contributed by atoms with E-state index in [1.54, 1.807) is 16.8 Å². The minimum atomic E-state index is -4.79. The Morgan fingerprint density at radius 2 is 1.88 bits per heavy atom. The standard InChI is InChI=1S/C23H26ClF3N4O2/c1-16(2)5-7-31-8-6-20(18(14-28)22(31)32)30-11-9-29(10-12-30)15-17-3-4-21(19(24)13-17)33-23(25,26)27/h3-4,6,8,13,16H,5,7,9-12,15H2,1-2H3. The molecule has 1 saturated heterocycles. The van der Waals surface area contributed by atoms with E-state index in [1.165, 1.54) is 12.1 Å². The molecule has 1 aromatic carbocycles. The van der Waals surface area contributed by atoms with E-state index in [9.17, 15) is 23.2 Å². The van der Waals surface area contributed by atoms with E-state index in [-0.39, 0.29) is 16.1 Å². The number of rotatable bonds is 7. The number of nitriles is 1. The Morgan fingerprint density at radius 1 is 1.18 bits per heavy atom. The molecule has 10 heteroatoms. The molecule has 0 spiro atoms. The van der Waals surface area contributed by atoms with E-state index in [4.69, 9.17) is 11.6 Å². The van der Waals surface area contributed by atoms with Gasteiger partial charge in [-0.25, -0.2) is 0 Å². The fraction of sp³-hybridized carbons (Fsp3) is 0.478. The van der Waals surface area contributed by atoms with Crippen LogP contribution in [0.4, 0.5) is 18.9 Å². The monoisotopic (exact) mass is 482 g/mol. The van der Waals surface area contributed by atoms with Gasteiger partial charge in [-0.3, -0.25) is 9.69 Å². The second-order valence-corrected chi connectivity index (χ2v) is 8.85. The molecule has 6 nitrogen and oxygen atoms in total. The molecular weight excluding hydrogens is 457 g/mol. The van der Waals surface area contributed by atoms with Crippen molar-refractivity contribution in [2.24, 2.45) is 5.92 Å². The van der Waals surface area contributed by atoms with Gasteiger partial charge in [0.2, 0.25) is 0 Å². The third-order valence-electron chi connectivity index (χ3n) is 5.54. The van der Waals surface area contributed by atoms with Crippen LogP contribution in [-0.4, -0.2) is 42.0 Å². The van der Waals surface area contributed by atoms with Crippen molar-refractivity contribution in [3.63, 3.8) is 0 Å². The summed E-state index contributed by atoms with van der Waals surface area (Å²) < 4.78 is 42.7. The molecule has 0 atom stereocenters. The summed E-state index contributed by atoms with van der Waals surface area (Å²) in [4.78, 5) is 16.9. The Morgan fingerprint density at radius 3 is 2.45 bits per heavy atom. The van der Waals surface area contributed by atoms with Gasteiger partial charge >= 0.3 is 6.36 Å². The first-order chi connectivity index (χ1) is 15.6. The Kier molecular flexibility index (Phi) is 7.92. The first-order valence-electron chi connectivity index (χ1n) is 10.7. The topological polar surface area (TPSA) is 61.5 Å². The molecule has 0 bridgehead atoms. The van der Waals surface area contributed by atoms with Gasteiger partial charge in [0.15, 0.2) is 0 Å². The molecule has 0 aliphatic carbocycles. The number of nitrogens with zero attached hydrogens (tertiary/aromatic N) is 4. The number of alkyl halides is 3. The lowest BCUT2D eigenvalue weighted by Gasteiger charge is -2.36. The summed E-state index contributed by atoms with van der Waals surface area (Å²) in [6, 6.07) is 8.15. The predicted octanol–water partition coefficient (Wildman–Crippen LogP) is 4.64. The van der Waals surface area contributed by atoms with Crippen LogP contribution in [0.2, 0.25) is 5.02 Å². The minimum Gasteiger partial charge on any atom is -0.404 e. The lowest BCUT2D eigenvalue weighted by atomic mass is 10.1. The Hall–Kier alpha value is -2.70. The molecule has 0 amide bonds. The maximum atomic E-state index is 12.7. The maximum absolute atomic E-state index is 12.7. The molecule has 0 radical (unpaired) electrons. The molecule has 1 aromatic heterocycles. The largest absolute Gasteiger partial charge is 0.573 e. The van der Waals surface area contributed by atoms with Crippen LogP contribution in [0, 0.1) is 17.2 Å². The van der Waals surface area contributed by atoms with Gasteiger partial charge in [0, 0.05) is 45.5 Å². The number of ether oxygens (including phenoxy) is 1. The summed E-state index contributed by atoms with van der Waals surface area (Å²) in [6.07, 6.45) is -2.19. The van der Waals surface area contributed by atoms with E-state index in [0.717, 1.165) is 12.0 Å². The summed E-state index contributed by atoms with van der Waals surface area (Å²) in [5.41, 5.74) is 1.30. The van der Waals surface area contributed by atoms with Crippen molar-refractivity contribution in [2.45, 2.75) is 39.7 Å². The van der Waals surface area contributed by atoms with Crippen LogP contribution in [0.5, 0.6) is 5.75 Å². The number of benzene rings is 1. The molecule has 3 rings (SSSR count). The molecule has 33 heavy (non-hydrogen) atoms. The van der Waals surface area contributed by atoms with E-state index in [0.29, 0.717) is 50.9 Å². The zero-order valence-electron chi connectivity index (χ0n) is 18.5. The summed E-state index contributed by atoms with van der Waals surface area (Å²) in [5, 5.41) is 9.51. The Labute approximate surface area is 195 Å². The summed E-state index contributed by atoms with van der Waals surface area (Å²) >= 11 is 5.94. The van der Waals surface area contributed by atoms with Gasteiger partial charge in [0.25, 0.3) is 5.56 Å². The summed E-state index contributed by atoms with van der Waals surface area (Å²) in [5.74, 6) is 0.0309. The smallest absolute Gasteiger partial charge is 0.404 e. The van der Waals surface area contributed by atoms with Crippen LogP contribution in [0.3, 0.4) is 0 Å². The first kappa shape index (κ1) is 24.9. The number of aromatic nitrogens is 1. The Bertz CT molecular complexity index is 1070. The normalized spacial score (nSPS) is 15.0. The van der Waals surface area contributed by atoms with Crippen molar-refractivity contribution in [3.05, 3.63) is 57.0 Å². The highest BCUT2D eigenvalue weighted by Gasteiger charge is 2.32. The highest BCUT2D eigenvalue weighted by Crippen LogP contribution is 2.31. The molecule has 178 valence electrons. The second-order valence-electron chi connectivity index (χ2n) is 8.44. The molecule has 1 aliphatic rings. The quantitative estimate of drug-likeness (QED) is 0.575. The van der Waals surface area contributed by atoms with Crippen molar-refractivity contribution in [2.75, 3.05) is 31.1 Å². The molecular formula is C23H26ClF3N4O2. The zero-order valence-corrected chi connectivity index (χ0v) is 19.3. The van der Waals surface area contributed by atoms with Gasteiger partial charge < -0.3 is 14.2 Å². The fourth-order valence-corrected chi connectivity index (χ4v) is 4.00. The van der Waals surface area contributed by atoms with E-state index >= 15 is 0 Å². The SMILES string of the molecule is CC(C)CCn1ccc(N2CCN(Cc3ccc(OC(F)(F)F)c(Cl)c3)CC2)c(C#N)c1=O. The van der Waals surface area contributed by atoms with Crippen LogP contribution in [0.25, 0.3) is 0 Å². The van der Waals surface area contributed by atoms with Crippen LogP contribution in [0.15, 0.2) is 35.3 Å². The minimum absolute atomic E-state index is 0.0971. The number of piperazine rings is 1. The number of halogens is 4. The van der Waals surface area contributed by atoms with Crippen molar-refractivity contribution in [1.29, 1.82) is 5.26 Å². The average molecular weight is 483 g/mol. The lowest BCUT2D eigenvalue weighted by molar-refractivity contribution is -0.274. The van der Waals surface area contributed by atoms with Crippen LogP contribution in [-0.2, 0) is 13.1 Å². The maximum Gasteiger partial charge on any atom is 0.573 e. The van der Waals surface area contributed by atoms with Crippen molar-refractivity contribution in [1.82, 2.24) is 9.47 Å². The van der Waals surface area contributed by atoms with Gasteiger partial charge in [-0.1, -0.05) is 31.5 Å². The third kappa shape index (κ3) is 6.65. The zero-order chi connectivity index (χ0) is 24.2. The molecule has 2 aromatic rings. The lowest BCUT2D eigenvalue weighted by Crippen LogP contribution is -2.46. The van der Waals surface area contributed by atoms with Gasteiger partial charge in [0.1, 0.15) is 17.4 Å². The van der Waals surface area contributed by atoms with E-state index < -0.39 is 12.1 Å². The van der Waals surface area contributed by atoms with E-state index in [2.05, 4.69) is 29.6 Å². The summed E-state index contributed by atoms with van der Waals surface area (Å²) in [6.45, 7) is 7.83. The molecule has 0 saturated carbocycles. The van der Waals surface area contributed by atoms with Gasteiger partial charge in [-0.05, 0) is 36.1 Å².